The van der Waals surface area contributed by atoms with E-state index in [2.05, 4.69) is 25.9 Å². The predicted molar refractivity (Wildman–Crippen MR) is 90.1 cm³/mol. The third-order valence-electron chi connectivity index (χ3n) is 3.42. The molecule has 0 radical (unpaired) electrons. The van der Waals surface area contributed by atoms with Gasteiger partial charge in [-0.25, -0.2) is 4.98 Å². The van der Waals surface area contributed by atoms with Crippen molar-refractivity contribution in [2.24, 2.45) is 10.7 Å². The second-order valence-electron chi connectivity index (χ2n) is 5.04. The summed E-state index contributed by atoms with van der Waals surface area (Å²) in [7, 11) is 0. The Bertz CT molecular complexity index is 620. The summed E-state index contributed by atoms with van der Waals surface area (Å²) < 4.78 is 7.44. The molecule has 2 aromatic rings. The largest absolute Gasteiger partial charge is 0.382 e. The number of guanidine groups is 1. The van der Waals surface area contributed by atoms with Crippen LogP contribution in [0.1, 0.15) is 19.2 Å². The summed E-state index contributed by atoms with van der Waals surface area (Å²) in [5.41, 5.74) is 8.02. The molecule has 0 saturated heterocycles. The minimum absolute atomic E-state index is 0.485. The standard InChI is InChI=1S/C16H25N5O/c1-3-22-12-6-9-18-16(17)19-10-11-21-13(2)20-14-7-4-5-8-15(14)21/h4-5,7-8H,3,6,9-12H2,1-2H3,(H3,17,18,19). The maximum atomic E-state index is 5.85. The number of hydrogen-bond donors (Lipinski definition) is 2. The van der Waals surface area contributed by atoms with E-state index < -0.39 is 0 Å². The Balaban J connectivity index is 1.80. The van der Waals surface area contributed by atoms with Crippen LogP contribution in [-0.4, -0.2) is 41.8 Å². The second kappa shape index (κ2) is 8.38. The van der Waals surface area contributed by atoms with Crippen molar-refractivity contribution in [3.8, 4) is 0 Å². The van der Waals surface area contributed by atoms with Gasteiger partial charge in [0.25, 0.3) is 0 Å². The Kier molecular flexibility index (Phi) is 6.21. The van der Waals surface area contributed by atoms with Crippen molar-refractivity contribution in [2.45, 2.75) is 26.8 Å². The van der Waals surface area contributed by atoms with Crippen molar-refractivity contribution in [2.75, 3.05) is 26.3 Å². The number of ether oxygens (including phenoxy) is 1. The molecule has 3 N–H and O–H groups in total. The highest BCUT2D eigenvalue weighted by Crippen LogP contribution is 2.14. The lowest BCUT2D eigenvalue weighted by Gasteiger charge is -2.09. The molecule has 0 bridgehead atoms. The highest BCUT2D eigenvalue weighted by Gasteiger charge is 2.05. The van der Waals surface area contributed by atoms with Gasteiger partial charge in [0.2, 0.25) is 0 Å². The zero-order valence-corrected chi connectivity index (χ0v) is 13.4. The van der Waals surface area contributed by atoms with Crippen LogP contribution >= 0.6 is 0 Å². The number of nitrogens with two attached hydrogens (primary N) is 1. The highest BCUT2D eigenvalue weighted by atomic mass is 16.5. The van der Waals surface area contributed by atoms with Crippen molar-refractivity contribution in [3.63, 3.8) is 0 Å². The summed E-state index contributed by atoms with van der Waals surface area (Å²) in [4.78, 5) is 8.83. The lowest BCUT2D eigenvalue weighted by atomic mass is 10.3. The predicted octanol–water partition coefficient (Wildman–Crippen LogP) is 1.68. The van der Waals surface area contributed by atoms with Gasteiger partial charge in [-0.15, -0.1) is 0 Å². The van der Waals surface area contributed by atoms with Crippen LogP contribution < -0.4 is 11.1 Å². The maximum Gasteiger partial charge on any atom is 0.188 e. The molecule has 0 aliphatic rings. The molecule has 6 heteroatoms. The van der Waals surface area contributed by atoms with E-state index in [-0.39, 0.29) is 0 Å². The molecule has 0 amide bonds. The third-order valence-corrected chi connectivity index (χ3v) is 3.42. The number of nitrogens with zero attached hydrogens (tertiary/aromatic N) is 3. The number of aryl methyl sites for hydroxylation is 1. The molecule has 0 saturated carbocycles. The van der Waals surface area contributed by atoms with Gasteiger partial charge in [-0.05, 0) is 32.4 Å². The minimum Gasteiger partial charge on any atom is -0.382 e. The van der Waals surface area contributed by atoms with Gasteiger partial charge in [-0.3, -0.25) is 4.99 Å². The van der Waals surface area contributed by atoms with Crippen molar-refractivity contribution < 1.29 is 4.74 Å². The Labute approximate surface area is 131 Å². The Hall–Kier alpha value is -2.08. The fourth-order valence-corrected chi connectivity index (χ4v) is 2.34. The van der Waals surface area contributed by atoms with Gasteiger partial charge in [-0.2, -0.15) is 0 Å². The van der Waals surface area contributed by atoms with E-state index in [4.69, 9.17) is 10.5 Å². The van der Waals surface area contributed by atoms with Gasteiger partial charge in [0.1, 0.15) is 5.82 Å². The molecule has 2 rings (SSSR count). The van der Waals surface area contributed by atoms with Crippen molar-refractivity contribution in [3.05, 3.63) is 30.1 Å². The van der Waals surface area contributed by atoms with Crippen molar-refractivity contribution in [1.29, 1.82) is 0 Å². The monoisotopic (exact) mass is 303 g/mol. The van der Waals surface area contributed by atoms with E-state index >= 15 is 0 Å². The number of hydrogen-bond acceptors (Lipinski definition) is 3. The van der Waals surface area contributed by atoms with E-state index in [0.717, 1.165) is 49.6 Å². The zero-order valence-electron chi connectivity index (χ0n) is 13.4. The molecule has 0 unspecified atom stereocenters. The van der Waals surface area contributed by atoms with E-state index in [1.165, 1.54) is 0 Å². The van der Waals surface area contributed by atoms with Crippen molar-refractivity contribution >= 4 is 17.0 Å². The van der Waals surface area contributed by atoms with E-state index in [0.29, 0.717) is 12.5 Å². The minimum atomic E-state index is 0.485. The summed E-state index contributed by atoms with van der Waals surface area (Å²) in [5.74, 6) is 1.49. The number of nitrogens with one attached hydrogen (secondary N) is 1. The van der Waals surface area contributed by atoms with Gasteiger partial charge in [0, 0.05) is 32.8 Å². The lowest BCUT2D eigenvalue weighted by molar-refractivity contribution is 0.146. The average molecular weight is 303 g/mol. The molecule has 1 heterocycles. The molecule has 0 fully saturated rings. The summed E-state index contributed by atoms with van der Waals surface area (Å²) >= 11 is 0. The number of benzene rings is 1. The highest BCUT2D eigenvalue weighted by molar-refractivity contribution is 5.78. The molecule has 1 aromatic heterocycles. The van der Waals surface area contributed by atoms with Crippen LogP contribution in [0.4, 0.5) is 0 Å². The topological polar surface area (TPSA) is 77.5 Å². The number of imidazole rings is 1. The first-order valence-corrected chi connectivity index (χ1v) is 7.75. The molecule has 1 aromatic carbocycles. The fraction of sp³-hybridized carbons (Fsp3) is 0.500. The maximum absolute atomic E-state index is 5.85. The van der Waals surface area contributed by atoms with E-state index in [1.54, 1.807) is 0 Å². The Morgan fingerprint density at radius 3 is 3.05 bits per heavy atom. The number of rotatable bonds is 8. The summed E-state index contributed by atoms with van der Waals surface area (Å²) in [6.07, 6.45) is 0.890. The van der Waals surface area contributed by atoms with Crippen LogP contribution in [-0.2, 0) is 11.3 Å². The lowest BCUT2D eigenvalue weighted by Crippen LogP contribution is -2.34. The second-order valence-corrected chi connectivity index (χ2v) is 5.04. The van der Waals surface area contributed by atoms with Crippen LogP contribution in [0.3, 0.4) is 0 Å². The van der Waals surface area contributed by atoms with E-state index in [1.807, 2.05) is 32.0 Å². The van der Waals surface area contributed by atoms with Gasteiger partial charge in [0.05, 0.1) is 11.0 Å². The van der Waals surface area contributed by atoms with Gasteiger partial charge in [-0.1, -0.05) is 12.1 Å². The van der Waals surface area contributed by atoms with Crippen LogP contribution in [0.5, 0.6) is 0 Å². The molecule has 120 valence electrons. The molecule has 22 heavy (non-hydrogen) atoms. The van der Waals surface area contributed by atoms with Crippen LogP contribution in [0.15, 0.2) is 29.3 Å². The van der Waals surface area contributed by atoms with Gasteiger partial charge >= 0.3 is 0 Å². The normalized spacial score (nSPS) is 12.0. The number of para-hydroxylation sites is 2. The Morgan fingerprint density at radius 2 is 2.23 bits per heavy atom. The molecular formula is C16H25N5O. The average Bonchev–Trinajstić information content (AvgIpc) is 2.83. The number of aliphatic imine (C=N–C) groups is 1. The molecule has 0 aliphatic heterocycles. The molecule has 6 nitrogen and oxygen atoms in total. The number of fused-ring (bicyclic) bond motifs is 1. The smallest absolute Gasteiger partial charge is 0.188 e. The SMILES string of the molecule is CCOCCCN=C(N)NCCn1c(C)nc2ccccc21. The third kappa shape index (κ3) is 4.46. The fourth-order valence-electron chi connectivity index (χ4n) is 2.34. The molecule has 0 spiro atoms. The van der Waals surface area contributed by atoms with Crippen LogP contribution in [0.2, 0.25) is 0 Å². The first-order chi connectivity index (χ1) is 10.7. The molecular weight excluding hydrogens is 278 g/mol. The summed E-state index contributed by atoms with van der Waals surface area (Å²) in [5, 5.41) is 3.14. The quantitative estimate of drug-likeness (QED) is 0.442. The first-order valence-electron chi connectivity index (χ1n) is 7.75. The van der Waals surface area contributed by atoms with Crippen LogP contribution in [0, 0.1) is 6.92 Å². The van der Waals surface area contributed by atoms with Crippen molar-refractivity contribution in [1.82, 2.24) is 14.9 Å². The zero-order chi connectivity index (χ0) is 15.8. The molecule has 0 atom stereocenters. The van der Waals surface area contributed by atoms with E-state index in [9.17, 15) is 0 Å². The number of aromatic nitrogens is 2. The first kappa shape index (κ1) is 16.3. The summed E-state index contributed by atoms with van der Waals surface area (Å²) in [6.45, 7) is 7.70. The van der Waals surface area contributed by atoms with Gasteiger partial charge in [0.15, 0.2) is 5.96 Å². The molecule has 0 aliphatic carbocycles. The summed E-state index contributed by atoms with van der Waals surface area (Å²) in [6, 6.07) is 8.15. The van der Waals surface area contributed by atoms with Gasteiger partial charge < -0.3 is 20.4 Å². The Morgan fingerprint density at radius 1 is 1.41 bits per heavy atom. The van der Waals surface area contributed by atoms with Crippen LogP contribution in [0.25, 0.3) is 11.0 Å².